The van der Waals surface area contributed by atoms with Crippen molar-refractivity contribution < 1.29 is 14.3 Å². The van der Waals surface area contributed by atoms with Crippen molar-refractivity contribution in [2.45, 2.75) is 114 Å². The molecule has 1 unspecified atom stereocenters. The van der Waals surface area contributed by atoms with Gasteiger partial charge >= 0.3 is 5.97 Å². The van der Waals surface area contributed by atoms with Gasteiger partial charge in [-0.25, -0.2) is 0 Å². The van der Waals surface area contributed by atoms with E-state index in [0.29, 0.717) is 12.7 Å². The van der Waals surface area contributed by atoms with Gasteiger partial charge in [0.2, 0.25) is 0 Å². The fraction of sp³-hybridized carbons (Fsp3) is 0.917. The van der Waals surface area contributed by atoms with Crippen LogP contribution in [0.4, 0.5) is 0 Å². The zero-order chi connectivity index (χ0) is 22.6. The summed E-state index contributed by atoms with van der Waals surface area (Å²) >= 11 is 0. The van der Waals surface area contributed by atoms with Crippen molar-refractivity contribution in [3.8, 4) is 0 Å². The molecule has 0 N–H and O–H groups in total. The van der Waals surface area contributed by atoms with Crippen LogP contribution in [0.1, 0.15) is 95.9 Å². The number of Topliss-reactive ketones (excluding diaryl/α,β-unsaturated/α-hetero) is 1. The lowest BCUT2D eigenvalue weighted by Gasteiger charge is -2.44. The lowest BCUT2D eigenvalue weighted by molar-refractivity contribution is -0.155. The van der Waals surface area contributed by atoms with Gasteiger partial charge in [-0.3, -0.25) is 9.59 Å². The van der Waals surface area contributed by atoms with Gasteiger partial charge in [-0.1, -0.05) is 69.2 Å². The highest BCUT2D eigenvalue weighted by Crippen LogP contribution is 2.43. The average Bonchev–Trinajstić information content (AvgIpc) is 2.37. The quantitative estimate of drug-likeness (QED) is 0.301. The Labute approximate surface area is 176 Å². The van der Waals surface area contributed by atoms with Gasteiger partial charge in [0.05, 0.1) is 11.6 Å². The summed E-state index contributed by atoms with van der Waals surface area (Å²) < 4.78 is 6.07. The molecule has 0 bridgehead atoms. The van der Waals surface area contributed by atoms with E-state index in [2.05, 4.69) is 62.3 Å². The van der Waals surface area contributed by atoms with Gasteiger partial charge < -0.3 is 4.74 Å². The standard InChI is InChI=1S/C24H48O3Si/c1-13-24(12,14-19(2)25)20(26)27-18-28(15-21(3,4)5,16-22(6,7)8)17-23(9,10)11/h13-18H2,1-12H3. The van der Waals surface area contributed by atoms with Crippen LogP contribution in [-0.2, 0) is 14.3 Å². The highest BCUT2D eigenvalue weighted by Gasteiger charge is 2.45. The monoisotopic (exact) mass is 412 g/mol. The van der Waals surface area contributed by atoms with Gasteiger partial charge in [0.1, 0.15) is 13.9 Å². The van der Waals surface area contributed by atoms with Gasteiger partial charge in [-0.2, -0.15) is 0 Å². The van der Waals surface area contributed by atoms with E-state index in [1.165, 1.54) is 0 Å². The first-order valence-electron chi connectivity index (χ1n) is 10.9. The number of ether oxygens (including phenoxy) is 1. The van der Waals surface area contributed by atoms with Crippen LogP contribution in [0.5, 0.6) is 0 Å². The van der Waals surface area contributed by atoms with Gasteiger partial charge in [0.15, 0.2) is 0 Å². The van der Waals surface area contributed by atoms with E-state index in [4.69, 9.17) is 4.74 Å². The highest BCUT2D eigenvalue weighted by molar-refractivity contribution is 6.80. The van der Waals surface area contributed by atoms with Crippen molar-refractivity contribution in [3.05, 3.63) is 0 Å². The molecule has 0 saturated heterocycles. The molecule has 0 aromatic rings. The molecular formula is C24H48O3Si. The molecule has 166 valence electrons. The smallest absolute Gasteiger partial charge is 0.311 e. The molecule has 0 aromatic carbocycles. The largest absolute Gasteiger partial charge is 0.469 e. The van der Waals surface area contributed by atoms with E-state index in [0.717, 1.165) is 18.1 Å². The van der Waals surface area contributed by atoms with Gasteiger partial charge in [0.25, 0.3) is 0 Å². The molecule has 0 aromatic heterocycles. The Morgan fingerprint density at radius 1 is 0.750 bits per heavy atom. The Morgan fingerprint density at radius 2 is 1.11 bits per heavy atom. The third kappa shape index (κ3) is 10.8. The second-order valence-corrected chi connectivity index (χ2v) is 17.4. The van der Waals surface area contributed by atoms with Crippen LogP contribution in [-0.4, -0.2) is 26.1 Å². The Bertz CT molecular complexity index is 491. The molecule has 0 aliphatic carbocycles. The van der Waals surface area contributed by atoms with E-state index >= 15 is 0 Å². The maximum atomic E-state index is 13.0. The molecular weight excluding hydrogens is 364 g/mol. The molecule has 0 aliphatic rings. The number of ketones is 1. The van der Waals surface area contributed by atoms with E-state index in [9.17, 15) is 9.59 Å². The maximum absolute atomic E-state index is 13.0. The fourth-order valence-electron chi connectivity index (χ4n) is 5.00. The normalized spacial score (nSPS) is 15.9. The lowest BCUT2D eigenvalue weighted by atomic mass is 9.83. The first kappa shape index (κ1) is 27.4. The minimum absolute atomic E-state index is 0.0453. The fourth-order valence-corrected chi connectivity index (χ4v) is 12.9. The van der Waals surface area contributed by atoms with E-state index < -0.39 is 13.5 Å². The molecule has 28 heavy (non-hydrogen) atoms. The van der Waals surface area contributed by atoms with Crippen molar-refractivity contribution in [1.82, 2.24) is 0 Å². The Morgan fingerprint density at radius 3 is 1.36 bits per heavy atom. The molecule has 0 saturated carbocycles. The molecule has 4 heteroatoms. The molecule has 0 spiro atoms. The summed E-state index contributed by atoms with van der Waals surface area (Å²) in [4.78, 5) is 24.7. The molecule has 0 heterocycles. The molecule has 0 rings (SSSR count). The minimum atomic E-state index is -1.92. The zero-order valence-electron chi connectivity index (χ0n) is 21.0. The number of carbonyl (C=O) groups is 2. The van der Waals surface area contributed by atoms with Gasteiger partial charge in [0, 0.05) is 6.42 Å². The number of rotatable bonds is 9. The van der Waals surface area contributed by atoms with E-state index in [1.54, 1.807) is 6.92 Å². The Hall–Kier alpha value is -0.643. The maximum Gasteiger partial charge on any atom is 0.311 e. The van der Waals surface area contributed by atoms with Crippen molar-refractivity contribution >= 4 is 19.8 Å². The summed E-state index contributed by atoms with van der Waals surface area (Å²) in [5.74, 6) is -0.150. The number of esters is 1. The van der Waals surface area contributed by atoms with Crippen molar-refractivity contribution in [2.24, 2.45) is 21.7 Å². The average molecular weight is 413 g/mol. The van der Waals surface area contributed by atoms with Crippen LogP contribution in [0.2, 0.25) is 18.1 Å². The van der Waals surface area contributed by atoms with Crippen molar-refractivity contribution in [2.75, 3.05) is 6.23 Å². The first-order chi connectivity index (χ1) is 12.2. The van der Waals surface area contributed by atoms with Crippen LogP contribution in [0.3, 0.4) is 0 Å². The van der Waals surface area contributed by atoms with Gasteiger partial charge in [-0.15, -0.1) is 0 Å². The number of carbonyl (C=O) groups excluding carboxylic acids is 2. The molecule has 0 fully saturated rings. The topological polar surface area (TPSA) is 43.4 Å². The molecule has 3 nitrogen and oxygen atoms in total. The Balaban J connectivity index is 5.83. The second kappa shape index (κ2) is 9.45. The third-order valence-corrected chi connectivity index (χ3v) is 11.3. The first-order valence-corrected chi connectivity index (χ1v) is 13.7. The molecule has 0 radical (unpaired) electrons. The molecule has 0 amide bonds. The van der Waals surface area contributed by atoms with Crippen LogP contribution in [0.25, 0.3) is 0 Å². The Kier molecular flexibility index (Phi) is 9.23. The summed E-state index contributed by atoms with van der Waals surface area (Å²) in [6, 6.07) is 3.41. The lowest BCUT2D eigenvalue weighted by Crippen LogP contribution is -2.50. The second-order valence-electron chi connectivity index (χ2n) is 13.1. The molecule has 1 atom stereocenters. The van der Waals surface area contributed by atoms with Crippen molar-refractivity contribution in [3.63, 3.8) is 0 Å². The zero-order valence-corrected chi connectivity index (χ0v) is 22.0. The number of hydrogen-bond acceptors (Lipinski definition) is 3. The highest BCUT2D eigenvalue weighted by atomic mass is 28.3. The van der Waals surface area contributed by atoms with Gasteiger partial charge in [-0.05, 0) is 54.6 Å². The summed E-state index contributed by atoms with van der Waals surface area (Å²) in [6.07, 6.45) is 1.44. The minimum Gasteiger partial charge on any atom is -0.469 e. The van der Waals surface area contributed by atoms with Crippen LogP contribution >= 0.6 is 0 Å². The summed E-state index contributed by atoms with van der Waals surface area (Å²) in [5, 5.41) is 0. The predicted octanol–water partition coefficient (Wildman–Crippen LogP) is 7.05. The van der Waals surface area contributed by atoms with Crippen molar-refractivity contribution in [1.29, 1.82) is 0 Å². The summed E-state index contributed by atoms with van der Waals surface area (Å²) in [6.45, 7) is 26.1. The van der Waals surface area contributed by atoms with Crippen LogP contribution in [0, 0.1) is 21.7 Å². The SMILES string of the molecule is CCC(C)(CC(C)=O)C(=O)OC[Si](CC(C)(C)C)(CC(C)(C)C)CC(C)(C)C. The third-order valence-electron chi connectivity index (χ3n) is 5.14. The van der Waals surface area contributed by atoms with E-state index in [-0.39, 0.29) is 34.4 Å². The van der Waals surface area contributed by atoms with Crippen LogP contribution < -0.4 is 0 Å². The predicted molar refractivity (Wildman–Crippen MR) is 123 cm³/mol. The van der Waals surface area contributed by atoms with E-state index in [1.807, 2.05) is 13.8 Å². The summed E-state index contributed by atoms with van der Waals surface area (Å²) in [5.41, 5.74) is -0.120. The van der Waals surface area contributed by atoms with Crippen LogP contribution in [0.15, 0.2) is 0 Å². The number of hydrogen-bond donors (Lipinski definition) is 0. The molecule has 0 aliphatic heterocycles. The summed E-state index contributed by atoms with van der Waals surface area (Å²) in [7, 11) is -1.92.